The van der Waals surface area contributed by atoms with E-state index in [0.717, 1.165) is 22.6 Å². The van der Waals surface area contributed by atoms with E-state index in [1.807, 2.05) is 0 Å². The number of urea groups is 1. The third kappa shape index (κ3) is 3.45. The van der Waals surface area contributed by atoms with Gasteiger partial charge < -0.3 is 5.32 Å². The van der Waals surface area contributed by atoms with Crippen molar-refractivity contribution in [2.45, 2.75) is 52.0 Å². The van der Waals surface area contributed by atoms with Gasteiger partial charge in [0.2, 0.25) is 5.91 Å². The van der Waals surface area contributed by atoms with Crippen LogP contribution in [-0.2, 0) is 14.4 Å². The Bertz CT molecular complexity index is 483. The number of nitrogens with zero attached hydrogens (tertiary/aromatic N) is 2. The van der Waals surface area contributed by atoms with Gasteiger partial charge in [0.05, 0.1) is 0 Å². The highest BCUT2D eigenvalue weighted by Gasteiger charge is 2.46. The zero-order valence-corrected chi connectivity index (χ0v) is 13.1. The molecule has 0 atom stereocenters. The lowest BCUT2D eigenvalue weighted by Gasteiger charge is -2.22. The topological polar surface area (TPSA) is 86.8 Å². The van der Waals surface area contributed by atoms with Gasteiger partial charge in [-0.05, 0) is 32.6 Å². The van der Waals surface area contributed by atoms with Gasteiger partial charge in [-0.1, -0.05) is 19.3 Å². The van der Waals surface area contributed by atoms with E-state index in [9.17, 15) is 19.2 Å². The summed E-state index contributed by atoms with van der Waals surface area (Å²) in [6, 6.07) is -1.11. The van der Waals surface area contributed by atoms with Crippen LogP contribution in [0.25, 0.3) is 0 Å². The zero-order valence-electron chi connectivity index (χ0n) is 13.1. The van der Waals surface area contributed by atoms with Crippen molar-refractivity contribution in [1.82, 2.24) is 15.1 Å². The molecule has 0 aromatic rings. The Labute approximate surface area is 130 Å². The summed E-state index contributed by atoms with van der Waals surface area (Å²) in [6.07, 6.45) is 5.81. The van der Waals surface area contributed by atoms with Crippen molar-refractivity contribution >= 4 is 23.8 Å². The second-order valence-corrected chi connectivity index (χ2v) is 6.25. The average Bonchev–Trinajstić information content (AvgIpc) is 2.70. The van der Waals surface area contributed by atoms with Crippen LogP contribution in [0.5, 0.6) is 0 Å². The Morgan fingerprint density at radius 2 is 1.77 bits per heavy atom. The normalized spacial score (nSPS) is 20.2. The van der Waals surface area contributed by atoms with Crippen LogP contribution in [0.1, 0.15) is 46.0 Å². The molecule has 7 heteroatoms. The molecule has 22 heavy (non-hydrogen) atoms. The number of carbonyl (C=O) groups is 4. The molecule has 1 aliphatic carbocycles. The standard InChI is InChI=1S/C15H23N3O4/c1-10(2)18-14(21)13(20)17(15(18)22)9-12(19)16-8-11-6-4-3-5-7-11/h10-11H,3-9H2,1-2H3,(H,16,19). The van der Waals surface area contributed by atoms with Crippen molar-refractivity contribution in [3.63, 3.8) is 0 Å². The third-order valence-electron chi connectivity index (χ3n) is 4.21. The molecular formula is C15H23N3O4. The van der Waals surface area contributed by atoms with E-state index < -0.39 is 29.8 Å². The third-order valence-corrected chi connectivity index (χ3v) is 4.21. The molecule has 0 radical (unpaired) electrons. The van der Waals surface area contributed by atoms with Crippen LogP contribution in [0, 0.1) is 5.92 Å². The smallest absolute Gasteiger partial charge is 0.334 e. The molecule has 7 nitrogen and oxygen atoms in total. The molecule has 2 fully saturated rings. The van der Waals surface area contributed by atoms with E-state index in [0.29, 0.717) is 12.5 Å². The molecule has 2 aliphatic rings. The lowest BCUT2D eigenvalue weighted by Crippen LogP contribution is -2.43. The maximum absolute atomic E-state index is 12.0. The van der Waals surface area contributed by atoms with Gasteiger partial charge in [0.1, 0.15) is 6.54 Å². The van der Waals surface area contributed by atoms with Crippen LogP contribution in [0.2, 0.25) is 0 Å². The SMILES string of the molecule is CC(C)N1C(=O)C(=O)N(CC(=O)NCC2CCCCC2)C1=O. The largest absolute Gasteiger partial charge is 0.354 e. The summed E-state index contributed by atoms with van der Waals surface area (Å²) in [4.78, 5) is 49.1. The predicted octanol–water partition coefficient (Wildman–Crippen LogP) is 0.882. The van der Waals surface area contributed by atoms with Gasteiger partial charge in [-0.3, -0.25) is 19.3 Å². The highest BCUT2D eigenvalue weighted by Crippen LogP contribution is 2.22. The number of imide groups is 2. The highest BCUT2D eigenvalue weighted by atomic mass is 16.2. The first kappa shape index (κ1) is 16.5. The number of carbonyl (C=O) groups excluding carboxylic acids is 4. The van der Waals surface area contributed by atoms with E-state index in [2.05, 4.69) is 5.32 Å². The molecule has 5 amide bonds. The summed E-state index contributed by atoms with van der Waals surface area (Å²) in [5, 5.41) is 2.76. The fourth-order valence-electron chi connectivity index (χ4n) is 2.97. The Kier molecular flexibility index (Phi) is 5.15. The van der Waals surface area contributed by atoms with Gasteiger partial charge in [0.15, 0.2) is 0 Å². The van der Waals surface area contributed by atoms with E-state index in [1.54, 1.807) is 13.8 Å². The molecule has 0 spiro atoms. The lowest BCUT2D eigenvalue weighted by atomic mass is 9.89. The molecule has 0 unspecified atom stereocenters. The van der Waals surface area contributed by atoms with Crippen molar-refractivity contribution in [3.8, 4) is 0 Å². The van der Waals surface area contributed by atoms with Crippen LogP contribution in [0.3, 0.4) is 0 Å². The van der Waals surface area contributed by atoms with Gasteiger partial charge in [-0.15, -0.1) is 0 Å². The first-order chi connectivity index (χ1) is 10.4. The average molecular weight is 309 g/mol. The van der Waals surface area contributed by atoms with Gasteiger partial charge in [-0.2, -0.15) is 0 Å². The summed E-state index contributed by atoms with van der Waals surface area (Å²) < 4.78 is 0. The van der Waals surface area contributed by atoms with Gasteiger partial charge in [-0.25, -0.2) is 9.69 Å². The lowest BCUT2D eigenvalue weighted by molar-refractivity contribution is -0.144. The molecule has 0 aromatic heterocycles. The van der Waals surface area contributed by atoms with E-state index in [4.69, 9.17) is 0 Å². The van der Waals surface area contributed by atoms with Crippen LogP contribution in [0.15, 0.2) is 0 Å². The Morgan fingerprint density at radius 1 is 1.14 bits per heavy atom. The van der Waals surface area contributed by atoms with Gasteiger partial charge in [0, 0.05) is 12.6 Å². The van der Waals surface area contributed by atoms with Crippen LogP contribution in [-0.4, -0.2) is 52.7 Å². The fourth-order valence-corrected chi connectivity index (χ4v) is 2.97. The van der Waals surface area contributed by atoms with E-state index in [1.165, 1.54) is 19.3 Å². The monoisotopic (exact) mass is 309 g/mol. The summed E-state index contributed by atoms with van der Waals surface area (Å²) in [6.45, 7) is 3.47. The molecule has 1 heterocycles. The van der Waals surface area contributed by atoms with Crippen LogP contribution < -0.4 is 5.32 Å². The zero-order chi connectivity index (χ0) is 16.3. The summed E-state index contributed by atoms with van der Waals surface area (Å²) in [5.41, 5.74) is 0. The fraction of sp³-hybridized carbons (Fsp3) is 0.733. The minimum absolute atomic E-state index is 0.390. The van der Waals surface area contributed by atoms with Crippen molar-refractivity contribution in [3.05, 3.63) is 0 Å². The van der Waals surface area contributed by atoms with Crippen molar-refractivity contribution in [2.75, 3.05) is 13.1 Å². The van der Waals surface area contributed by atoms with Crippen LogP contribution in [0.4, 0.5) is 4.79 Å². The molecule has 0 aromatic carbocycles. The highest BCUT2D eigenvalue weighted by molar-refractivity contribution is 6.45. The van der Waals surface area contributed by atoms with Crippen LogP contribution >= 0.6 is 0 Å². The maximum Gasteiger partial charge on any atom is 0.334 e. The summed E-state index contributed by atoms with van der Waals surface area (Å²) >= 11 is 0. The maximum atomic E-state index is 12.0. The van der Waals surface area contributed by atoms with E-state index in [-0.39, 0.29) is 6.54 Å². The Balaban J connectivity index is 1.87. The molecule has 1 saturated heterocycles. The van der Waals surface area contributed by atoms with E-state index >= 15 is 0 Å². The Hall–Kier alpha value is -1.92. The van der Waals surface area contributed by atoms with Crippen molar-refractivity contribution in [2.24, 2.45) is 5.92 Å². The number of nitrogens with one attached hydrogen (secondary N) is 1. The molecule has 1 saturated carbocycles. The molecule has 122 valence electrons. The molecule has 0 bridgehead atoms. The predicted molar refractivity (Wildman–Crippen MR) is 78.7 cm³/mol. The quantitative estimate of drug-likeness (QED) is 0.603. The van der Waals surface area contributed by atoms with Gasteiger partial charge in [0.25, 0.3) is 0 Å². The number of rotatable bonds is 5. The molecule has 2 rings (SSSR count). The number of hydrogen-bond acceptors (Lipinski definition) is 4. The number of amides is 5. The molecular weight excluding hydrogens is 286 g/mol. The summed E-state index contributed by atoms with van der Waals surface area (Å²) in [5.74, 6) is -1.71. The minimum Gasteiger partial charge on any atom is -0.354 e. The van der Waals surface area contributed by atoms with Crippen molar-refractivity contribution < 1.29 is 19.2 Å². The summed E-state index contributed by atoms with van der Waals surface area (Å²) in [7, 11) is 0. The Morgan fingerprint density at radius 3 is 2.32 bits per heavy atom. The molecule has 1 aliphatic heterocycles. The second-order valence-electron chi connectivity index (χ2n) is 6.25. The van der Waals surface area contributed by atoms with Gasteiger partial charge >= 0.3 is 17.8 Å². The van der Waals surface area contributed by atoms with Crippen molar-refractivity contribution in [1.29, 1.82) is 0 Å². The first-order valence-corrected chi connectivity index (χ1v) is 7.87. The first-order valence-electron chi connectivity index (χ1n) is 7.87. The second kappa shape index (κ2) is 6.89. The minimum atomic E-state index is -0.925. The number of hydrogen-bond donors (Lipinski definition) is 1. The molecule has 1 N–H and O–H groups in total.